The SMILES string of the molecule is COc1cccc([C@@H]2[C@@H](C/C=C\CCC(=O)O)CCN2S(=O)(=O)c2ccc(F)cc2)c1. The third kappa shape index (κ3) is 5.51. The van der Waals surface area contributed by atoms with E-state index in [2.05, 4.69) is 0 Å². The average Bonchev–Trinajstić information content (AvgIpc) is 3.18. The molecule has 0 bridgehead atoms. The molecule has 1 aliphatic rings. The normalized spacial score (nSPS) is 19.7. The van der Waals surface area contributed by atoms with Crippen LogP contribution in [0.3, 0.4) is 0 Å². The highest BCUT2D eigenvalue weighted by atomic mass is 32.2. The van der Waals surface area contributed by atoms with Gasteiger partial charge in [0, 0.05) is 13.0 Å². The summed E-state index contributed by atoms with van der Waals surface area (Å²) >= 11 is 0. The van der Waals surface area contributed by atoms with E-state index < -0.39 is 27.9 Å². The van der Waals surface area contributed by atoms with Gasteiger partial charge in [-0.25, -0.2) is 12.8 Å². The van der Waals surface area contributed by atoms with Crippen LogP contribution in [0.4, 0.5) is 4.39 Å². The Morgan fingerprint density at radius 1 is 1.23 bits per heavy atom. The van der Waals surface area contributed by atoms with Crippen molar-refractivity contribution in [3.63, 3.8) is 0 Å². The summed E-state index contributed by atoms with van der Waals surface area (Å²) in [6.07, 6.45) is 5.53. The number of methoxy groups -OCH3 is 1. The highest BCUT2D eigenvalue weighted by Gasteiger charge is 2.42. The van der Waals surface area contributed by atoms with Crippen LogP contribution in [0.15, 0.2) is 65.6 Å². The predicted molar refractivity (Wildman–Crippen MR) is 115 cm³/mol. The first kappa shape index (κ1) is 23.0. The van der Waals surface area contributed by atoms with Crippen LogP contribution >= 0.6 is 0 Å². The Labute approximate surface area is 182 Å². The van der Waals surface area contributed by atoms with Crippen molar-refractivity contribution >= 4 is 16.0 Å². The number of benzene rings is 2. The van der Waals surface area contributed by atoms with Crippen molar-refractivity contribution in [2.45, 2.75) is 36.6 Å². The molecule has 0 aromatic heterocycles. The molecular formula is C23H26FNO5S. The van der Waals surface area contributed by atoms with Gasteiger partial charge in [0.05, 0.1) is 18.0 Å². The van der Waals surface area contributed by atoms with Gasteiger partial charge in [0.1, 0.15) is 11.6 Å². The minimum atomic E-state index is -3.83. The van der Waals surface area contributed by atoms with Crippen molar-refractivity contribution in [1.82, 2.24) is 4.31 Å². The van der Waals surface area contributed by atoms with Gasteiger partial charge in [-0.1, -0.05) is 24.3 Å². The second-order valence-corrected chi connectivity index (χ2v) is 9.37. The maximum absolute atomic E-state index is 13.4. The standard InChI is InChI=1S/C23H26FNO5S/c1-30-20-8-5-7-18(16-20)23-17(6-3-2-4-9-22(26)27)14-15-25(23)31(28,29)21-12-10-19(24)11-13-21/h2-3,5,7-8,10-13,16-17,23H,4,6,9,14-15H2,1H3,(H,26,27)/b3-2-/t17-,23-/m0/s1. The summed E-state index contributed by atoms with van der Waals surface area (Å²) in [5.74, 6) is -0.687. The van der Waals surface area contributed by atoms with Gasteiger partial charge in [-0.15, -0.1) is 0 Å². The molecule has 31 heavy (non-hydrogen) atoms. The summed E-state index contributed by atoms with van der Waals surface area (Å²) in [7, 11) is -2.27. The summed E-state index contributed by atoms with van der Waals surface area (Å²) < 4.78 is 46.9. The van der Waals surface area contributed by atoms with E-state index in [1.54, 1.807) is 13.2 Å². The number of hydrogen-bond acceptors (Lipinski definition) is 4. The summed E-state index contributed by atoms with van der Waals surface area (Å²) in [6, 6.07) is 11.8. The van der Waals surface area contributed by atoms with Gasteiger partial charge in [-0.3, -0.25) is 4.79 Å². The smallest absolute Gasteiger partial charge is 0.303 e. The fourth-order valence-corrected chi connectivity index (χ4v) is 5.63. The van der Waals surface area contributed by atoms with Gasteiger partial charge in [0.15, 0.2) is 0 Å². The minimum Gasteiger partial charge on any atom is -0.497 e. The van der Waals surface area contributed by atoms with Gasteiger partial charge in [-0.2, -0.15) is 4.31 Å². The van der Waals surface area contributed by atoms with Gasteiger partial charge in [0.2, 0.25) is 10.0 Å². The van der Waals surface area contributed by atoms with Gasteiger partial charge >= 0.3 is 5.97 Å². The predicted octanol–water partition coefficient (Wildman–Crippen LogP) is 4.40. The van der Waals surface area contributed by atoms with Crippen molar-refractivity contribution < 1.29 is 27.4 Å². The first-order valence-electron chi connectivity index (χ1n) is 10.1. The molecule has 1 heterocycles. The molecule has 0 radical (unpaired) electrons. The monoisotopic (exact) mass is 447 g/mol. The highest BCUT2D eigenvalue weighted by Crippen LogP contribution is 2.43. The Balaban J connectivity index is 1.90. The second kappa shape index (κ2) is 10.1. The maximum Gasteiger partial charge on any atom is 0.303 e. The molecule has 3 rings (SSSR count). The molecule has 0 amide bonds. The van der Waals surface area contributed by atoms with Gasteiger partial charge < -0.3 is 9.84 Å². The maximum atomic E-state index is 13.4. The van der Waals surface area contributed by atoms with E-state index in [4.69, 9.17) is 9.84 Å². The first-order chi connectivity index (χ1) is 14.8. The van der Waals surface area contributed by atoms with Crippen LogP contribution in [0.25, 0.3) is 0 Å². The molecular weight excluding hydrogens is 421 g/mol. The average molecular weight is 448 g/mol. The van der Waals surface area contributed by atoms with Crippen LogP contribution in [0.5, 0.6) is 5.75 Å². The minimum absolute atomic E-state index is 0.0170. The molecule has 8 heteroatoms. The van der Waals surface area contributed by atoms with Crippen LogP contribution in [0, 0.1) is 11.7 Å². The third-order valence-corrected chi connectivity index (χ3v) is 7.36. The number of rotatable bonds is 9. The largest absolute Gasteiger partial charge is 0.497 e. The number of carbonyl (C=O) groups is 1. The third-order valence-electron chi connectivity index (χ3n) is 5.46. The molecule has 6 nitrogen and oxygen atoms in total. The molecule has 2 aromatic rings. The van der Waals surface area contributed by atoms with E-state index in [0.29, 0.717) is 31.6 Å². The molecule has 0 saturated carbocycles. The Bertz CT molecular complexity index is 1040. The number of aliphatic carboxylic acids is 1. The van der Waals surface area contributed by atoms with Crippen LogP contribution in [-0.2, 0) is 14.8 Å². The van der Waals surface area contributed by atoms with E-state index in [0.717, 1.165) is 17.7 Å². The zero-order valence-electron chi connectivity index (χ0n) is 17.3. The Morgan fingerprint density at radius 3 is 2.65 bits per heavy atom. The van der Waals surface area contributed by atoms with Crippen molar-refractivity contribution in [2.24, 2.45) is 5.92 Å². The lowest BCUT2D eigenvalue weighted by Crippen LogP contribution is -2.32. The zero-order chi connectivity index (χ0) is 22.4. The number of hydrogen-bond donors (Lipinski definition) is 1. The fourth-order valence-electron chi connectivity index (χ4n) is 3.94. The summed E-state index contributed by atoms with van der Waals surface area (Å²) in [5, 5.41) is 8.77. The van der Waals surface area contributed by atoms with E-state index in [1.165, 1.54) is 16.4 Å². The number of carboxylic acid groups (broad SMARTS) is 1. The van der Waals surface area contributed by atoms with E-state index in [-0.39, 0.29) is 17.2 Å². The van der Waals surface area contributed by atoms with Crippen LogP contribution in [-0.4, -0.2) is 37.5 Å². The number of nitrogens with zero attached hydrogens (tertiary/aromatic N) is 1. The van der Waals surface area contributed by atoms with Crippen molar-refractivity contribution in [1.29, 1.82) is 0 Å². The quantitative estimate of drug-likeness (QED) is 0.576. The highest BCUT2D eigenvalue weighted by molar-refractivity contribution is 7.89. The molecule has 1 saturated heterocycles. The van der Waals surface area contributed by atoms with Gasteiger partial charge in [-0.05, 0) is 67.1 Å². The first-order valence-corrected chi connectivity index (χ1v) is 11.5. The lowest BCUT2D eigenvalue weighted by molar-refractivity contribution is -0.136. The van der Waals surface area contributed by atoms with Crippen molar-refractivity contribution in [2.75, 3.05) is 13.7 Å². The Morgan fingerprint density at radius 2 is 1.97 bits per heavy atom. The van der Waals surface area contributed by atoms with E-state index in [9.17, 15) is 17.6 Å². The lowest BCUT2D eigenvalue weighted by Gasteiger charge is -2.28. The summed E-state index contributed by atoms with van der Waals surface area (Å²) in [5.41, 5.74) is 0.825. The van der Waals surface area contributed by atoms with Crippen LogP contribution in [0.2, 0.25) is 0 Å². The molecule has 0 aliphatic carbocycles. The van der Waals surface area contributed by atoms with E-state index in [1.807, 2.05) is 30.4 Å². The lowest BCUT2D eigenvalue weighted by atomic mass is 9.91. The molecule has 1 N–H and O–H groups in total. The van der Waals surface area contributed by atoms with Crippen molar-refractivity contribution in [3.05, 3.63) is 72.1 Å². The number of allylic oxidation sites excluding steroid dienone is 2. The molecule has 2 atom stereocenters. The molecule has 0 unspecified atom stereocenters. The van der Waals surface area contributed by atoms with E-state index >= 15 is 0 Å². The Hall–Kier alpha value is -2.71. The summed E-state index contributed by atoms with van der Waals surface area (Å²) in [4.78, 5) is 10.7. The van der Waals surface area contributed by atoms with Crippen LogP contribution < -0.4 is 4.74 Å². The van der Waals surface area contributed by atoms with Crippen molar-refractivity contribution in [3.8, 4) is 5.75 Å². The number of carboxylic acids is 1. The van der Waals surface area contributed by atoms with Crippen LogP contribution in [0.1, 0.15) is 37.3 Å². The Kier molecular flexibility index (Phi) is 7.46. The number of ether oxygens (including phenoxy) is 1. The van der Waals surface area contributed by atoms with Gasteiger partial charge in [0.25, 0.3) is 0 Å². The molecule has 2 aromatic carbocycles. The topological polar surface area (TPSA) is 83.9 Å². The molecule has 1 aliphatic heterocycles. The number of sulfonamides is 1. The zero-order valence-corrected chi connectivity index (χ0v) is 18.1. The molecule has 0 spiro atoms. The summed E-state index contributed by atoms with van der Waals surface area (Å²) in [6.45, 7) is 0.342. The fraction of sp³-hybridized carbons (Fsp3) is 0.348. The molecule has 166 valence electrons. The molecule has 1 fully saturated rings. The number of halogens is 1. The second-order valence-electron chi connectivity index (χ2n) is 7.48.